The van der Waals surface area contributed by atoms with Crippen molar-refractivity contribution in [1.29, 1.82) is 0 Å². The van der Waals surface area contributed by atoms with E-state index in [1.807, 2.05) is 0 Å². The molecule has 1 atom stereocenters. The van der Waals surface area contributed by atoms with Crippen molar-refractivity contribution in [2.24, 2.45) is 0 Å². The summed E-state index contributed by atoms with van der Waals surface area (Å²) in [6.45, 7) is 4.51. The lowest BCUT2D eigenvalue weighted by molar-refractivity contribution is -0.150. The van der Waals surface area contributed by atoms with Gasteiger partial charge in [-0.2, -0.15) is 0 Å². The molecule has 38 heavy (non-hydrogen) atoms. The molecule has 0 aromatic heterocycles. The third-order valence-corrected chi connectivity index (χ3v) is 7.49. The van der Waals surface area contributed by atoms with Crippen LogP contribution in [-0.4, -0.2) is 23.1 Å². The average molecular weight is 537 g/mol. The molecule has 0 spiro atoms. The molecule has 0 saturated heterocycles. The molecule has 0 rings (SSSR count). The molecule has 0 aliphatic carbocycles. The molecular weight excluding hydrogens is 472 g/mol. The molecule has 0 bridgehead atoms. The highest BCUT2D eigenvalue weighted by Crippen LogP contribution is 2.18. The lowest BCUT2D eigenvalue weighted by Gasteiger charge is -2.18. The summed E-state index contributed by atoms with van der Waals surface area (Å²) in [6.07, 6.45) is 35.0. The molecule has 0 heterocycles. The Hall–Kier alpha value is -1.32. The normalized spacial score (nSPS) is 12.3. The summed E-state index contributed by atoms with van der Waals surface area (Å²) in [5.41, 5.74) is 0. The quantitative estimate of drug-likeness (QED) is 0.0563. The van der Waals surface area contributed by atoms with Crippen LogP contribution >= 0.6 is 0 Å². The molecule has 1 unspecified atom stereocenters. The lowest BCUT2D eigenvalue weighted by atomic mass is 10.0. The minimum atomic E-state index is -0.726. The molecule has 0 aliphatic rings. The fourth-order valence-electron chi connectivity index (χ4n) is 5.00. The Bertz CT molecular complexity index is 543. The predicted octanol–water partition coefficient (Wildman–Crippen LogP) is 11.1. The highest BCUT2D eigenvalue weighted by atomic mass is 16.5. The second kappa shape index (κ2) is 30.2. The summed E-state index contributed by atoms with van der Waals surface area (Å²) >= 11 is 0. The first-order valence-electron chi connectivity index (χ1n) is 16.7. The second-order valence-electron chi connectivity index (χ2n) is 11.3. The maximum absolute atomic E-state index is 12.5. The number of allylic oxidation sites excluding steroid dienone is 2. The van der Waals surface area contributed by atoms with Gasteiger partial charge in [0, 0.05) is 12.8 Å². The number of aliphatic carboxylic acids is 1. The van der Waals surface area contributed by atoms with E-state index in [2.05, 4.69) is 26.0 Å². The van der Waals surface area contributed by atoms with E-state index in [1.54, 1.807) is 0 Å². The van der Waals surface area contributed by atoms with Crippen molar-refractivity contribution >= 4 is 11.9 Å². The van der Waals surface area contributed by atoms with E-state index < -0.39 is 5.97 Å². The largest absolute Gasteiger partial charge is 0.481 e. The van der Waals surface area contributed by atoms with Crippen LogP contribution in [0.3, 0.4) is 0 Å². The van der Waals surface area contributed by atoms with Gasteiger partial charge in [-0.3, -0.25) is 9.59 Å². The summed E-state index contributed by atoms with van der Waals surface area (Å²) in [7, 11) is 0. The minimum absolute atomic E-state index is 0.00565. The third kappa shape index (κ3) is 29.2. The van der Waals surface area contributed by atoms with Crippen LogP contribution in [0.25, 0.3) is 0 Å². The van der Waals surface area contributed by atoms with Gasteiger partial charge in [-0.15, -0.1) is 0 Å². The van der Waals surface area contributed by atoms with Crippen LogP contribution in [0.4, 0.5) is 0 Å². The van der Waals surface area contributed by atoms with E-state index in [0.29, 0.717) is 12.8 Å². The van der Waals surface area contributed by atoms with Crippen LogP contribution < -0.4 is 0 Å². The Morgan fingerprint density at radius 2 is 0.947 bits per heavy atom. The van der Waals surface area contributed by atoms with Crippen molar-refractivity contribution in [2.75, 3.05) is 0 Å². The average Bonchev–Trinajstić information content (AvgIpc) is 2.89. The van der Waals surface area contributed by atoms with Crippen molar-refractivity contribution in [3.05, 3.63) is 12.2 Å². The summed E-state index contributed by atoms with van der Waals surface area (Å²) in [6, 6.07) is 0. The van der Waals surface area contributed by atoms with Crippen molar-refractivity contribution in [2.45, 2.75) is 193 Å². The molecule has 0 aromatic carbocycles. The third-order valence-electron chi connectivity index (χ3n) is 7.49. The monoisotopic (exact) mass is 536 g/mol. The van der Waals surface area contributed by atoms with Crippen LogP contribution in [0.1, 0.15) is 187 Å². The van der Waals surface area contributed by atoms with Crippen molar-refractivity contribution in [3.63, 3.8) is 0 Å². The van der Waals surface area contributed by atoms with Crippen LogP contribution in [0, 0.1) is 0 Å². The van der Waals surface area contributed by atoms with E-state index in [1.165, 1.54) is 109 Å². The van der Waals surface area contributed by atoms with Gasteiger partial charge in [0.1, 0.15) is 6.10 Å². The molecule has 0 fully saturated rings. The number of ether oxygens (including phenoxy) is 1. The van der Waals surface area contributed by atoms with E-state index in [-0.39, 0.29) is 18.5 Å². The predicted molar refractivity (Wildman–Crippen MR) is 163 cm³/mol. The first-order valence-corrected chi connectivity index (χ1v) is 16.7. The smallest absolute Gasteiger partial charge is 0.306 e. The van der Waals surface area contributed by atoms with Crippen molar-refractivity contribution in [3.8, 4) is 0 Å². The Balaban J connectivity index is 3.89. The summed E-state index contributed by atoms with van der Waals surface area (Å²) < 4.78 is 5.88. The topological polar surface area (TPSA) is 63.6 Å². The molecule has 4 nitrogen and oxygen atoms in total. The van der Waals surface area contributed by atoms with Gasteiger partial charge >= 0.3 is 11.9 Å². The minimum Gasteiger partial charge on any atom is -0.481 e. The Kier molecular flexibility index (Phi) is 29.2. The van der Waals surface area contributed by atoms with Crippen LogP contribution in [0.5, 0.6) is 0 Å². The van der Waals surface area contributed by atoms with E-state index >= 15 is 0 Å². The molecule has 0 aliphatic heterocycles. The SMILES string of the molecule is CCCCCCCC/C=C\CCCCCCCC(=O)OC(CCCCCCCCC)CCCCCC(=O)O. The zero-order chi connectivity index (χ0) is 27.9. The molecule has 0 saturated carbocycles. The Morgan fingerprint density at radius 3 is 1.45 bits per heavy atom. The summed E-state index contributed by atoms with van der Waals surface area (Å²) in [5.74, 6) is -0.767. The van der Waals surface area contributed by atoms with Crippen molar-refractivity contribution in [1.82, 2.24) is 0 Å². The molecule has 224 valence electrons. The lowest BCUT2D eigenvalue weighted by Crippen LogP contribution is -2.18. The Labute approximate surface area is 236 Å². The number of hydrogen-bond donors (Lipinski definition) is 1. The molecule has 4 heteroatoms. The number of rotatable bonds is 30. The molecule has 0 radical (unpaired) electrons. The van der Waals surface area contributed by atoms with E-state index in [4.69, 9.17) is 9.84 Å². The van der Waals surface area contributed by atoms with E-state index in [0.717, 1.165) is 44.9 Å². The highest BCUT2D eigenvalue weighted by Gasteiger charge is 2.14. The van der Waals surface area contributed by atoms with Crippen LogP contribution in [0.2, 0.25) is 0 Å². The number of esters is 1. The first kappa shape index (κ1) is 36.7. The standard InChI is InChI=1S/C34H64O4/c1-3-5-7-9-11-12-13-14-15-16-17-18-20-22-27-31-34(37)38-32(29-25-23-26-30-33(35)36)28-24-21-19-10-8-6-4-2/h14-15,32H,3-13,16-31H2,1-2H3,(H,35,36)/b15-14-. The van der Waals surface area contributed by atoms with Gasteiger partial charge in [0.15, 0.2) is 0 Å². The zero-order valence-corrected chi connectivity index (χ0v) is 25.5. The first-order chi connectivity index (χ1) is 18.6. The second-order valence-corrected chi connectivity index (χ2v) is 11.3. The van der Waals surface area contributed by atoms with Gasteiger partial charge in [0.25, 0.3) is 0 Å². The van der Waals surface area contributed by atoms with Crippen LogP contribution in [-0.2, 0) is 14.3 Å². The fourth-order valence-corrected chi connectivity index (χ4v) is 5.00. The number of carboxylic acids is 1. The maximum Gasteiger partial charge on any atom is 0.306 e. The molecule has 1 N–H and O–H groups in total. The van der Waals surface area contributed by atoms with Gasteiger partial charge in [0.05, 0.1) is 0 Å². The van der Waals surface area contributed by atoms with Gasteiger partial charge in [0.2, 0.25) is 0 Å². The molecule has 0 amide bonds. The fraction of sp³-hybridized carbons (Fsp3) is 0.882. The number of hydrogen-bond acceptors (Lipinski definition) is 3. The Morgan fingerprint density at radius 1 is 0.553 bits per heavy atom. The maximum atomic E-state index is 12.5. The van der Waals surface area contributed by atoms with Gasteiger partial charge in [-0.1, -0.05) is 122 Å². The molecular formula is C34H64O4. The number of unbranched alkanes of at least 4 members (excludes halogenated alkanes) is 19. The van der Waals surface area contributed by atoms with Gasteiger partial charge < -0.3 is 9.84 Å². The van der Waals surface area contributed by atoms with Crippen LogP contribution in [0.15, 0.2) is 12.2 Å². The van der Waals surface area contributed by atoms with Gasteiger partial charge in [-0.25, -0.2) is 0 Å². The number of carboxylic acid groups (broad SMARTS) is 1. The zero-order valence-electron chi connectivity index (χ0n) is 25.5. The molecule has 0 aromatic rings. The number of carbonyl (C=O) groups excluding carboxylic acids is 1. The van der Waals surface area contributed by atoms with Crippen molar-refractivity contribution < 1.29 is 19.4 Å². The number of carbonyl (C=O) groups is 2. The van der Waals surface area contributed by atoms with E-state index in [9.17, 15) is 9.59 Å². The van der Waals surface area contributed by atoms with Gasteiger partial charge in [-0.05, 0) is 64.2 Å². The summed E-state index contributed by atoms with van der Waals surface area (Å²) in [4.78, 5) is 23.2. The summed E-state index contributed by atoms with van der Waals surface area (Å²) in [5, 5.41) is 8.82. The highest BCUT2D eigenvalue weighted by molar-refractivity contribution is 5.69.